The molecule has 3 aliphatic rings. The lowest BCUT2D eigenvalue weighted by molar-refractivity contribution is -0.141. The summed E-state index contributed by atoms with van der Waals surface area (Å²) in [7, 11) is 0. The summed E-state index contributed by atoms with van der Waals surface area (Å²) in [6, 6.07) is 7.64. The van der Waals surface area contributed by atoms with Gasteiger partial charge in [0.2, 0.25) is 5.91 Å². The van der Waals surface area contributed by atoms with Gasteiger partial charge in [-0.05, 0) is 49.8 Å². The molecule has 1 aliphatic carbocycles. The topological polar surface area (TPSA) is 71.0 Å². The summed E-state index contributed by atoms with van der Waals surface area (Å²) >= 11 is 1.73. The molecule has 172 valence electrons. The van der Waals surface area contributed by atoms with Crippen LogP contribution in [-0.4, -0.2) is 40.8 Å². The summed E-state index contributed by atoms with van der Waals surface area (Å²) in [4.78, 5) is 32.8. The lowest BCUT2D eigenvalue weighted by Gasteiger charge is -2.40. The van der Waals surface area contributed by atoms with Crippen molar-refractivity contribution in [3.63, 3.8) is 0 Å². The van der Waals surface area contributed by atoms with Gasteiger partial charge in [-0.15, -0.1) is 0 Å². The number of esters is 1. The Morgan fingerprint density at radius 3 is 2.78 bits per heavy atom. The number of allylic oxidation sites excluding steroid dienone is 1. The van der Waals surface area contributed by atoms with E-state index in [-0.39, 0.29) is 29.8 Å². The third-order valence-electron chi connectivity index (χ3n) is 6.22. The minimum atomic E-state index is -0.306. The van der Waals surface area contributed by atoms with Gasteiger partial charge in [0.25, 0.3) is 0 Å². The number of nitrogens with one attached hydrogen (secondary N) is 1. The fourth-order valence-electron chi connectivity index (χ4n) is 4.62. The van der Waals surface area contributed by atoms with Crippen molar-refractivity contribution in [2.75, 3.05) is 24.2 Å². The van der Waals surface area contributed by atoms with Gasteiger partial charge in [-0.3, -0.25) is 4.79 Å². The molecular weight excluding hydrogens is 422 g/mol. The van der Waals surface area contributed by atoms with Crippen LogP contribution in [0.1, 0.15) is 64.5 Å². The lowest BCUT2D eigenvalue weighted by Crippen LogP contribution is -2.42. The van der Waals surface area contributed by atoms with Crippen molar-refractivity contribution < 1.29 is 14.3 Å². The van der Waals surface area contributed by atoms with E-state index in [4.69, 9.17) is 9.73 Å². The molecule has 0 spiro atoms. The summed E-state index contributed by atoms with van der Waals surface area (Å²) in [5.41, 5.74) is 3.06. The Kier molecular flexibility index (Phi) is 7.23. The third kappa shape index (κ3) is 5.03. The quantitative estimate of drug-likeness (QED) is 0.602. The number of carbonyl (C=O) groups excluding carboxylic acids is 2. The predicted octanol–water partition coefficient (Wildman–Crippen LogP) is 5.14. The van der Waals surface area contributed by atoms with Crippen LogP contribution in [0.2, 0.25) is 0 Å². The van der Waals surface area contributed by atoms with Gasteiger partial charge in [-0.25, -0.2) is 9.79 Å². The highest BCUT2D eigenvalue weighted by atomic mass is 32.2. The highest BCUT2D eigenvalue weighted by Gasteiger charge is 2.38. The number of thioether (sulfide) groups is 1. The van der Waals surface area contributed by atoms with E-state index in [9.17, 15) is 9.59 Å². The molecule has 1 atom stereocenters. The maximum Gasteiger partial charge on any atom is 0.338 e. The number of rotatable bonds is 6. The number of carbonyl (C=O) groups is 2. The summed E-state index contributed by atoms with van der Waals surface area (Å²) in [5.74, 6) is 1.19. The SMILES string of the molecule is CC1=C(C(=O)OCC(C)C)C(c2cccc(NC(=O)C3CCCC3)c2)N2CCCSC2=N1. The Morgan fingerprint density at radius 2 is 2.03 bits per heavy atom. The fourth-order valence-corrected chi connectivity index (χ4v) is 5.64. The molecule has 1 aromatic carbocycles. The summed E-state index contributed by atoms with van der Waals surface area (Å²) in [6.45, 7) is 7.17. The van der Waals surface area contributed by atoms with Crippen LogP contribution in [0.3, 0.4) is 0 Å². The highest BCUT2D eigenvalue weighted by molar-refractivity contribution is 8.13. The average Bonchev–Trinajstić information content (AvgIpc) is 3.32. The van der Waals surface area contributed by atoms with Crippen LogP contribution in [0.4, 0.5) is 5.69 Å². The Morgan fingerprint density at radius 1 is 1.25 bits per heavy atom. The average molecular weight is 456 g/mol. The minimum absolute atomic E-state index is 0.0994. The third-order valence-corrected chi connectivity index (χ3v) is 7.30. The normalized spacial score (nSPS) is 21.4. The molecule has 0 aromatic heterocycles. The Bertz CT molecular complexity index is 934. The number of hydrogen-bond donors (Lipinski definition) is 1. The second-order valence-electron chi connectivity index (χ2n) is 9.28. The Labute approximate surface area is 194 Å². The van der Waals surface area contributed by atoms with E-state index in [1.165, 1.54) is 0 Å². The van der Waals surface area contributed by atoms with E-state index in [0.29, 0.717) is 17.9 Å². The molecule has 6 nitrogen and oxygen atoms in total. The molecule has 1 amide bonds. The fraction of sp³-hybridized carbons (Fsp3) is 0.560. The van der Waals surface area contributed by atoms with E-state index >= 15 is 0 Å². The maximum absolute atomic E-state index is 13.2. The molecule has 1 saturated heterocycles. The predicted molar refractivity (Wildman–Crippen MR) is 129 cm³/mol. The van der Waals surface area contributed by atoms with Gasteiger partial charge in [0.1, 0.15) is 0 Å². The first-order valence-electron chi connectivity index (χ1n) is 11.7. The lowest BCUT2D eigenvalue weighted by atomic mass is 9.94. The van der Waals surface area contributed by atoms with Gasteiger partial charge in [-0.1, -0.05) is 50.6 Å². The second-order valence-corrected chi connectivity index (χ2v) is 10.3. The zero-order valence-corrected chi connectivity index (χ0v) is 20.0. The number of amidine groups is 1. The van der Waals surface area contributed by atoms with Crippen molar-refractivity contribution in [2.24, 2.45) is 16.8 Å². The zero-order chi connectivity index (χ0) is 22.7. The second kappa shape index (κ2) is 10.1. The number of aliphatic imine (C=N–C) groups is 1. The standard InChI is InChI=1S/C25H33N3O3S/c1-16(2)15-31-24(30)21-17(3)26-25-28(12-7-13-32-25)22(21)19-10-6-11-20(14-19)27-23(29)18-8-4-5-9-18/h6,10-11,14,16,18,22H,4-5,7-9,12-13,15H2,1-3H3,(H,27,29). The molecule has 2 aliphatic heterocycles. The molecule has 1 N–H and O–H groups in total. The van der Waals surface area contributed by atoms with Gasteiger partial charge in [0, 0.05) is 23.9 Å². The number of hydrogen-bond acceptors (Lipinski definition) is 6. The first kappa shape index (κ1) is 22.9. The summed E-state index contributed by atoms with van der Waals surface area (Å²) in [6.07, 6.45) is 5.22. The van der Waals surface area contributed by atoms with Crippen molar-refractivity contribution in [1.82, 2.24) is 4.90 Å². The molecule has 2 heterocycles. The van der Waals surface area contributed by atoms with E-state index in [2.05, 4.69) is 10.2 Å². The number of anilines is 1. The molecule has 1 aromatic rings. The number of amides is 1. The van der Waals surface area contributed by atoms with Crippen LogP contribution in [0.15, 0.2) is 40.5 Å². The van der Waals surface area contributed by atoms with Crippen molar-refractivity contribution in [3.8, 4) is 0 Å². The molecule has 4 rings (SSSR count). The van der Waals surface area contributed by atoms with Gasteiger partial charge in [0.05, 0.1) is 23.9 Å². The van der Waals surface area contributed by atoms with E-state index in [1.54, 1.807) is 11.8 Å². The van der Waals surface area contributed by atoms with Crippen LogP contribution < -0.4 is 5.32 Å². The smallest absolute Gasteiger partial charge is 0.338 e. The molecule has 7 heteroatoms. The van der Waals surface area contributed by atoms with E-state index in [1.807, 2.05) is 45.0 Å². The van der Waals surface area contributed by atoms with Gasteiger partial charge in [0.15, 0.2) is 5.17 Å². The maximum atomic E-state index is 13.2. The highest BCUT2D eigenvalue weighted by Crippen LogP contribution is 2.40. The van der Waals surface area contributed by atoms with Crippen LogP contribution >= 0.6 is 11.8 Å². The minimum Gasteiger partial charge on any atom is -0.462 e. The largest absolute Gasteiger partial charge is 0.462 e. The van der Waals surface area contributed by atoms with Gasteiger partial charge in [-0.2, -0.15) is 0 Å². The number of nitrogens with zero attached hydrogens (tertiary/aromatic N) is 2. The molecule has 0 bridgehead atoms. The van der Waals surface area contributed by atoms with Crippen LogP contribution in [0, 0.1) is 11.8 Å². The van der Waals surface area contributed by atoms with E-state index < -0.39 is 0 Å². The number of fused-ring (bicyclic) bond motifs is 1. The molecule has 32 heavy (non-hydrogen) atoms. The number of benzene rings is 1. The van der Waals surface area contributed by atoms with Crippen LogP contribution in [-0.2, 0) is 14.3 Å². The van der Waals surface area contributed by atoms with E-state index in [0.717, 1.165) is 60.8 Å². The molecular formula is C25H33N3O3S. The van der Waals surface area contributed by atoms with Crippen molar-refractivity contribution in [2.45, 2.75) is 58.9 Å². The first-order valence-corrected chi connectivity index (χ1v) is 12.7. The Hall–Kier alpha value is -2.28. The zero-order valence-electron chi connectivity index (χ0n) is 19.2. The number of ether oxygens (including phenoxy) is 1. The summed E-state index contributed by atoms with van der Waals surface area (Å²) in [5, 5.41) is 4.06. The van der Waals surface area contributed by atoms with Crippen molar-refractivity contribution in [1.29, 1.82) is 0 Å². The molecule has 1 unspecified atom stereocenters. The first-order chi connectivity index (χ1) is 15.4. The van der Waals surface area contributed by atoms with Gasteiger partial charge >= 0.3 is 5.97 Å². The van der Waals surface area contributed by atoms with Crippen molar-refractivity contribution >= 4 is 34.5 Å². The molecule has 0 radical (unpaired) electrons. The van der Waals surface area contributed by atoms with Crippen molar-refractivity contribution in [3.05, 3.63) is 41.1 Å². The van der Waals surface area contributed by atoms with Crippen LogP contribution in [0.5, 0.6) is 0 Å². The Balaban J connectivity index is 1.64. The summed E-state index contributed by atoms with van der Waals surface area (Å²) < 4.78 is 5.64. The monoisotopic (exact) mass is 455 g/mol. The molecule has 1 saturated carbocycles. The van der Waals surface area contributed by atoms with Crippen LogP contribution in [0.25, 0.3) is 0 Å². The van der Waals surface area contributed by atoms with Gasteiger partial charge < -0.3 is 15.0 Å². The molecule has 2 fully saturated rings.